The average molecular weight is 462 g/mol. The van der Waals surface area contributed by atoms with Crippen LogP contribution in [0.2, 0.25) is 0 Å². The molecule has 3 heterocycles. The Labute approximate surface area is 198 Å². The SMILES string of the molecule is CCCCc1nc2c(N)nc3ccccc3c2n1OCCCCCC(=O)c1ccc(NN)nc1. The predicted octanol–water partition coefficient (Wildman–Crippen LogP) is 4.06. The molecule has 0 aliphatic heterocycles. The van der Waals surface area contributed by atoms with Gasteiger partial charge >= 0.3 is 0 Å². The van der Waals surface area contributed by atoms with Gasteiger partial charge in [0, 0.05) is 30.0 Å². The van der Waals surface area contributed by atoms with E-state index in [1.807, 2.05) is 29.0 Å². The molecule has 9 nitrogen and oxygen atoms in total. The number of nitrogens with one attached hydrogen (secondary N) is 1. The molecule has 4 rings (SSSR count). The highest BCUT2D eigenvalue weighted by Crippen LogP contribution is 2.28. The van der Waals surface area contributed by atoms with Crippen molar-refractivity contribution in [2.24, 2.45) is 5.84 Å². The van der Waals surface area contributed by atoms with Crippen LogP contribution in [0.15, 0.2) is 42.6 Å². The number of anilines is 2. The van der Waals surface area contributed by atoms with Crippen LogP contribution in [-0.2, 0) is 6.42 Å². The molecule has 0 aliphatic rings. The summed E-state index contributed by atoms with van der Waals surface area (Å²) in [5.74, 6) is 7.20. The van der Waals surface area contributed by atoms with Gasteiger partial charge in [-0.05, 0) is 43.9 Å². The molecular weight excluding hydrogens is 430 g/mol. The van der Waals surface area contributed by atoms with E-state index in [9.17, 15) is 4.79 Å². The van der Waals surface area contributed by atoms with Crippen LogP contribution in [0.3, 0.4) is 0 Å². The fourth-order valence-electron chi connectivity index (χ4n) is 3.96. The number of fused-ring (bicyclic) bond motifs is 3. The Hall–Kier alpha value is -3.72. The van der Waals surface area contributed by atoms with E-state index in [1.165, 1.54) is 0 Å². The summed E-state index contributed by atoms with van der Waals surface area (Å²) in [6, 6.07) is 11.3. The molecule has 0 fully saturated rings. The molecule has 0 aliphatic carbocycles. The fraction of sp³-hybridized carbons (Fsp3) is 0.360. The summed E-state index contributed by atoms with van der Waals surface area (Å²) in [4.78, 5) is 32.0. The number of hydrogen-bond donors (Lipinski definition) is 3. The number of hydrogen-bond acceptors (Lipinski definition) is 8. The lowest BCUT2D eigenvalue weighted by molar-refractivity contribution is 0.0967. The summed E-state index contributed by atoms with van der Waals surface area (Å²) in [5.41, 5.74) is 11.7. The van der Waals surface area contributed by atoms with Crippen molar-refractivity contribution in [2.45, 2.75) is 51.9 Å². The maximum absolute atomic E-state index is 12.4. The lowest BCUT2D eigenvalue weighted by Crippen LogP contribution is -2.16. The first-order valence-corrected chi connectivity index (χ1v) is 11.8. The van der Waals surface area contributed by atoms with Gasteiger partial charge in [-0.3, -0.25) is 4.79 Å². The van der Waals surface area contributed by atoms with E-state index >= 15 is 0 Å². The first-order valence-electron chi connectivity index (χ1n) is 11.8. The third-order valence-electron chi connectivity index (χ3n) is 5.80. The molecule has 0 unspecified atom stereocenters. The van der Waals surface area contributed by atoms with E-state index in [-0.39, 0.29) is 5.78 Å². The number of ketones is 1. The Bertz CT molecular complexity index is 1270. The second-order valence-electron chi connectivity index (χ2n) is 8.28. The Balaban J connectivity index is 1.40. The number of nitrogens with zero attached hydrogens (tertiary/aromatic N) is 4. The molecule has 0 atom stereocenters. The second-order valence-corrected chi connectivity index (χ2v) is 8.28. The normalized spacial score (nSPS) is 11.2. The molecule has 4 aromatic rings. The largest absolute Gasteiger partial charge is 0.412 e. The molecule has 1 aromatic carbocycles. The summed E-state index contributed by atoms with van der Waals surface area (Å²) in [6.07, 6.45) is 7.39. The number of carbonyl (C=O) groups excluding carboxylic acids is 1. The first kappa shape index (κ1) is 23.4. The number of benzene rings is 1. The van der Waals surface area contributed by atoms with Gasteiger partial charge in [-0.25, -0.2) is 20.8 Å². The number of nitrogen functional groups attached to an aromatic ring is 2. The summed E-state index contributed by atoms with van der Waals surface area (Å²) < 4.78 is 1.84. The summed E-state index contributed by atoms with van der Waals surface area (Å²) in [5, 5.41) is 0.969. The zero-order valence-corrected chi connectivity index (χ0v) is 19.5. The van der Waals surface area contributed by atoms with Gasteiger partial charge in [0.25, 0.3) is 0 Å². The highest BCUT2D eigenvalue weighted by molar-refractivity contribution is 6.06. The minimum atomic E-state index is 0.0777. The van der Waals surface area contributed by atoms with Crippen LogP contribution in [0.25, 0.3) is 21.9 Å². The molecule has 0 amide bonds. The molecule has 178 valence electrons. The number of pyridine rings is 2. The van der Waals surface area contributed by atoms with Crippen molar-refractivity contribution >= 4 is 39.4 Å². The van der Waals surface area contributed by atoms with Crippen LogP contribution in [0.4, 0.5) is 11.6 Å². The van der Waals surface area contributed by atoms with Crippen molar-refractivity contribution in [3.8, 4) is 0 Å². The summed E-state index contributed by atoms with van der Waals surface area (Å²) in [7, 11) is 0. The van der Waals surface area contributed by atoms with Crippen molar-refractivity contribution in [1.82, 2.24) is 19.7 Å². The number of imidazole rings is 1. The van der Waals surface area contributed by atoms with Gasteiger partial charge in [-0.2, -0.15) is 4.73 Å². The minimum Gasteiger partial charge on any atom is -0.412 e. The molecular formula is C25H31N7O2. The van der Waals surface area contributed by atoms with Gasteiger partial charge in [-0.15, -0.1) is 0 Å². The molecule has 0 radical (unpaired) electrons. The van der Waals surface area contributed by atoms with Crippen molar-refractivity contribution in [3.05, 3.63) is 54.0 Å². The van der Waals surface area contributed by atoms with Crippen LogP contribution < -0.4 is 21.8 Å². The smallest absolute Gasteiger partial charge is 0.164 e. The van der Waals surface area contributed by atoms with Crippen molar-refractivity contribution in [1.29, 1.82) is 0 Å². The van der Waals surface area contributed by atoms with E-state index in [4.69, 9.17) is 21.4 Å². The van der Waals surface area contributed by atoms with Gasteiger partial charge < -0.3 is 16.0 Å². The van der Waals surface area contributed by atoms with Crippen LogP contribution in [-0.4, -0.2) is 32.1 Å². The average Bonchev–Trinajstić information content (AvgIpc) is 3.24. The number of Topliss-reactive ketones (excluding diaryl/α,β-unsaturated/α-hetero) is 1. The third kappa shape index (κ3) is 5.09. The molecule has 0 bridgehead atoms. The van der Waals surface area contributed by atoms with Gasteiger partial charge in [0.1, 0.15) is 29.3 Å². The van der Waals surface area contributed by atoms with Crippen molar-refractivity contribution < 1.29 is 9.63 Å². The minimum absolute atomic E-state index is 0.0777. The quantitative estimate of drug-likeness (QED) is 0.124. The lowest BCUT2D eigenvalue weighted by atomic mass is 10.1. The number of para-hydroxylation sites is 1. The second kappa shape index (κ2) is 10.9. The Morgan fingerprint density at radius 1 is 1.09 bits per heavy atom. The predicted molar refractivity (Wildman–Crippen MR) is 134 cm³/mol. The van der Waals surface area contributed by atoms with Crippen LogP contribution in [0.5, 0.6) is 0 Å². The van der Waals surface area contributed by atoms with E-state index in [0.717, 1.165) is 60.8 Å². The molecule has 0 saturated carbocycles. The molecule has 0 saturated heterocycles. The molecule has 0 spiro atoms. The van der Waals surface area contributed by atoms with Crippen molar-refractivity contribution in [2.75, 3.05) is 17.8 Å². The number of unbranched alkanes of at least 4 members (excludes halogenated alkanes) is 3. The number of hydrazine groups is 1. The maximum atomic E-state index is 12.4. The molecule has 9 heteroatoms. The standard InChI is InChI=1S/C25H31N7O2/c1-2-3-12-22-30-23-24(18-9-6-7-10-19(18)29-25(23)26)32(22)34-15-8-4-5-11-20(33)17-13-14-21(31-27)28-16-17/h6-7,9-10,13-14,16H,2-5,8,11-12,15,27H2,1H3,(H2,26,29)(H,28,31). The van der Waals surface area contributed by atoms with Crippen LogP contribution in [0.1, 0.15) is 61.6 Å². The van der Waals surface area contributed by atoms with Gasteiger partial charge in [0.05, 0.1) is 5.52 Å². The zero-order valence-electron chi connectivity index (χ0n) is 19.5. The highest BCUT2D eigenvalue weighted by atomic mass is 16.7. The van der Waals surface area contributed by atoms with Gasteiger partial charge in [0.15, 0.2) is 11.6 Å². The van der Waals surface area contributed by atoms with E-state index in [1.54, 1.807) is 18.3 Å². The monoisotopic (exact) mass is 461 g/mol. The van der Waals surface area contributed by atoms with E-state index in [0.29, 0.717) is 35.7 Å². The number of nitrogens with two attached hydrogens (primary N) is 2. The summed E-state index contributed by atoms with van der Waals surface area (Å²) in [6.45, 7) is 2.67. The van der Waals surface area contributed by atoms with E-state index < -0.39 is 0 Å². The Kier molecular flexibility index (Phi) is 7.54. The van der Waals surface area contributed by atoms with E-state index in [2.05, 4.69) is 22.3 Å². The summed E-state index contributed by atoms with van der Waals surface area (Å²) >= 11 is 0. The Morgan fingerprint density at radius 3 is 2.71 bits per heavy atom. The fourth-order valence-corrected chi connectivity index (χ4v) is 3.96. The maximum Gasteiger partial charge on any atom is 0.164 e. The molecule has 34 heavy (non-hydrogen) atoms. The molecule has 3 aromatic heterocycles. The molecule has 5 N–H and O–H groups in total. The topological polar surface area (TPSA) is 134 Å². The van der Waals surface area contributed by atoms with Crippen molar-refractivity contribution in [3.63, 3.8) is 0 Å². The van der Waals surface area contributed by atoms with Crippen LogP contribution in [0, 0.1) is 0 Å². The number of rotatable bonds is 12. The van der Waals surface area contributed by atoms with Gasteiger partial charge in [-0.1, -0.05) is 31.5 Å². The Morgan fingerprint density at radius 2 is 1.94 bits per heavy atom. The van der Waals surface area contributed by atoms with Crippen LogP contribution >= 0.6 is 0 Å². The number of aromatic nitrogens is 4. The highest BCUT2D eigenvalue weighted by Gasteiger charge is 2.18. The number of carbonyl (C=O) groups is 1. The number of aryl methyl sites for hydroxylation is 1. The zero-order chi connectivity index (χ0) is 23.9. The third-order valence-corrected chi connectivity index (χ3v) is 5.80. The van der Waals surface area contributed by atoms with Gasteiger partial charge in [0.2, 0.25) is 0 Å². The first-order chi connectivity index (χ1) is 16.6. The lowest BCUT2D eigenvalue weighted by Gasteiger charge is -2.12.